The van der Waals surface area contributed by atoms with Crippen LogP contribution < -0.4 is 9.47 Å². The molecule has 0 N–H and O–H groups in total. The van der Waals surface area contributed by atoms with Crippen molar-refractivity contribution in [2.24, 2.45) is 11.8 Å². The average molecular weight is 350 g/mol. The van der Waals surface area contributed by atoms with E-state index in [1.165, 1.54) is 0 Å². The Morgan fingerprint density at radius 3 is 2.48 bits per heavy atom. The minimum atomic E-state index is -0.582. The van der Waals surface area contributed by atoms with E-state index in [1.807, 2.05) is 25.1 Å². The van der Waals surface area contributed by atoms with Crippen LogP contribution in [-0.2, 0) is 19.0 Å². The number of hydrogen-bond acceptors (Lipinski definition) is 6. The highest BCUT2D eigenvalue weighted by Gasteiger charge is 2.44. The minimum absolute atomic E-state index is 0.0654. The summed E-state index contributed by atoms with van der Waals surface area (Å²) >= 11 is 0. The van der Waals surface area contributed by atoms with Crippen LogP contribution in [0.4, 0.5) is 0 Å². The fourth-order valence-electron chi connectivity index (χ4n) is 3.65. The van der Waals surface area contributed by atoms with Crippen molar-refractivity contribution >= 4 is 5.97 Å². The molecule has 0 spiro atoms. The van der Waals surface area contributed by atoms with E-state index in [4.69, 9.17) is 23.7 Å². The van der Waals surface area contributed by atoms with E-state index >= 15 is 0 Å². The maximum Gasteiger partial charge on any atom is 0.309 e. The quantitative estimate of drug-likeness (QED) is 0.735. The second-order valence-electron chi connectivity index (χ2n) is 6.81. The Hall–Kier alpha value is -1.79. The first-order valence-electron chi connectivity index (χ1n) is 8.68. The molecule has 138 valence electrons. The summed E-state index contributed by atoms with van der Waals surface area (Å²) in [5.74, 6) is 0.448. The normalized spacial score (nSPS) is 28.0. The maximum absolute atomic E-state index is 12.4. The number of cyclic esters (lactones) is 1. The monoisotopic (exact) mass is 350 g/mol. The molecule has 25 heavy (non-hydrogen) atoms. The summed E-state index contributed by atoms with van der Waals surface area (Å²) in [5, 5.41) is 0. The summed E-state index contributed by atoms with van der Waals surface area (Å²) in [6.45, 7) is 5.19. The summed E-state index contributed by atoms with van der Waals surface area (Å²) in [7, 11) is 3.19. The molecule has 2 aliphatic rings. The SMILES string of the molecule is COc1ccc([C@@H]2OC(=O)C(CCC3(C)OCCO3)[C@@H]2C)cc1OC. The zero-order chi connectivity index (χ0) is 18.0. The van der Waals surface area contributed by atoms with E-state index in [1.54, 1.807) is 14.2 Å². The van der Waals surface area contributed by atoms with E-state index in [-0.39, 0.29) is 23.9 Å². The highest BCUT2D eigenvalue weighted by atomic mass is 16.7. The van der Waals surface area contributed by atoms with Crippen molar-refractivity contribution in [3.63, 3.8) is 0 Å². The van der Waals surface area contributed by atoms with E-state index in [2.05, 4.69) is 6.92 Å². The van der Waals surface area contributed by atoms with Crippen LogP contribution in [0.2, 0.25) is 0 Å². The van der Waals surface area contributed by atoms with Crippen LogP contribution in [0.25, 0.3) is 0 Å². The molecular formula is C19H26O6. The second kappa shape index (κ2) is 7.22. The molecule has 0 saturated carbocycles. The zero-order valence-electron chi connectivity index (χ0n) is 15.2. The molecule has 2 saturated heterocycles. The molecule has 0 aliphatic carbocycles. The molecule has 3 atom stereocenters. The van der Waals surface area contributed by atoms with Crippen LogP contribution in [0.5, 0.6) is 11.5 Å². The number of methoxy groups -OCH3 is 2. The molecule has 6 nitrogen and oxygen atoms in total. The highest BCUT2D eigenvalue weighted by molar-refractivity contribution is 5.75. The predicted molar refractivity (Wildman–Crippen MR) is 90.6 cm³/mol. The van der Waals surface area contributed by atoms with Gasteiger partial charge in [-0.3, -0.25) is 4.79 Å². The number of esters is 1. The molecule has 1 unspecified atom stereocenters. The minimum Gasteiger partial charge on any atom is -0.493 e. The van der Waals surface area contributed by atoms with Crippen molar-refractivity contribution in [1.29, 1.82) is 0 Å². The second-order valence-corrected chi connectivity index (χ2v) is 6.81. The van der Waals surface area contributed by atoms with Gasteiger partial charge in [0.2, 0.25) is 0 Å². The number of ether oxygens (including phenoxy) is 5. The molecule has 2 heterocycles. The van der Waals surface area contributed by atoms with Gasteiger partial charge in [-0.05, 0) is 31.0 Å². The van der Waals surface area contributed by atoms with Crippen LogP contribution in [0.15, 0.2) is 18.2 Å². The number of benzene rings is 1. The Morgan fingerprint density at radius 2 is 1.84 bits per heavy atom. The lowest BCUT2D eigenvalue weighted by atomic mass is 9.85. The molecule has 0 aromatic heterocycles. The molecule has 3 rings (SSSR count). The van der Waals surface area contributed by atoms with Gasteiger partial charge in [0.15, 0.2) is 17.3 Å². The maximum atomic E-state index is 12.4. The lowest BCUT2D eigenvalue weighted by Gasteiger charge is -2.24. The Kier molecular flexibility index (Phi) is 5.20. The summed E-state index contributed by atoms with van der Waals surface area (Å²) in [4.78, 5) is 12.4. The molecule has 0 radical (unpaired) electrons. The van der Waals surface area contributed by atoms with E-state index in [0.717, 1.165) is 5.56 Å². The van der Waals surface area contributed by atoms with Gasteiger partial charge in [0.25, 0.3) is 0 Å². The fraction of sp³-hybridized carbons (Fsp3) is 0.632. The molecule has 0 bridgehead atoms. The van der Waals surface area contributed by atoms with Gasteiger partial charge in [0.05, 0.1) is 33.4 Å². The first-order valence-corrected chi connectivity index (χ1v) is 8.68. The largest absolute Gasteiger partial charge is 0.493 e. The van der Waals surface area contributed by atoms with Crippen LogP contribution in [0, 0.1) is 11.8 Å². The highest BCUT2D eigenvalue weighted by Crippen LogP contribution is 2.44. The van der Waals surface area contributed by atoms with Crippen molar-refractivity contribution in [1.82, 2.24) is 0 Å². The number of hydrogen-bond donors (Lipinski definition) is 0. The van der Waals surface area contributed by atoms with Crippen LogP contribution in [0.1, 0.15) is 38.4 Å². The van der Waals surface area contributed by atoms with Crippen molar-refractivity contribution < 1.29 is 28.5 Å². The third-order valence-corrected chi connectivity index (χ3v) is 5.20. The average Bonchev–Trinajstić information content (AvgIpc) is 3.16. The molecule has 1 aromatic carbocycles. The molecule has 2 aliphatic heterocycles. The third kappa shape index (κ3) is 3.60. The molecular weight excluding hydrogens is 324 g/mol. The van der Waals surface area contributed by atoms with Crippen LogP contribution in [0.3, 0.4) is 0 Å². The summed E-state index contributed by atoms with van der Waals surface area (Å²) < 4.78 is 27.6. The fourth-order valence-corrected chi connectivity index (χ4v) is 3.65. The van der Waals surface area contributed by atoms with Gasteiger partial charge in [-0.15, -0.1) is 0 Å². The van der Waals surface area contributed by atoms with E-state index < -0.39 is 5.79 Å². The first-order chi connectivity index (χ1) is 12.0. The topological polar surface area (TPSA) is 63.2 Å². The predicted octanol–water partition coefficient (Wildman–Crippen LogP) is 3.10. The van der Waals surface area contributed by atoms with Gasteiger partial charge in [0, 0.05) is 12.3 Å². The molecule has 0 amide bonds. The van der Waals surface area contributed by atoms with Gasteiger partial charge in [-0.25, -0.2) is 0 Å². The summed E-state index contributed by atoms with van der Waals surface area (Å²) in [6, 6.07) is 5.63. The number of carbonyl (C=O) groups is 1. The molecule has 6 heteroatoms. The summed E-state index contributed by atoms with van der Waals surface area (Å²) in [5.41, 5.74) is 0.917. The van der Waals surface area contributed by atoms with Crippen molar-refractivity contribution in [2.45, 2.75) is 38.6 Å². The van der Waals surface area contributed by atoms with E-state index in [0.29, 0.717) is 37.6 Å². The van der Waals surface area contributed by atoms with Crippen molar-refractivity contribution in [2.75, 3.05) is 27.4 Å². The standard InChI is InChI=1S/C19H26O6/c1-12-14(7-8-19(2)23-9-10-24-19)18(20)25-17(12)13-5-6-15(21-3)16(11-13)22-4/h5-6,11-12,14,17H,7-10H2,1-4H3/t12-,14?,17+/m0/s1. The van der Waals surface area contributed by atoms with Crippen LogP contribution in [-0.4, -0.2) is 39.2 Å². The molecule has 2 fully saturated rings. The lowest BCUT2D eigenvalue weighted by molar-refractivity contribution is -0.153. The van der Waals surface area contributed by atoms with Crippen LogP contribution >= 0.6 is 0 Å². The Morgan fingerprint density at radius 1 is 1.16 bits per heavy atom. The van der Waals surface area contributed by atoms with Gasteiger partial charge in [-0.2, -0.15) is 0 Å². The van der Waals surface area contributed by atoms with Crippen molar-refractivity contribution in [3.8, 4) is 11.5 Å². The van der Waals surface area contributed by atoms with Crippen molar-refractivity contribution in [3.05, 3.63) is 23.8 Å². The van der Waals surface area contributed by atoms with Gasteiger partial charge >= 0.3 is 5.97 Å². The van der Waals surface area contributed by atoms with Gasteiger partial charge in [-0.1, -0.05) is 13.0 Å². The summed E-state index contributed by atoms with van der Waals surface area (Å²) in [6.07, 6.45) is 1.08. The van der Waals surface area contributed by atoms with E-state index in [9.17, 15) is 4.79 Å². The molecule has 1 aromatic rings. The Bertz CT molecular complexity index is 622. The number of rotatable bonds is 6. The van der Waals surface area contributed by atoms with Gasteiger partial charge in [0.1, 0.15) is 6.10 Å². The lowest BCUT2D eigenvalue weighted by Crippen LogP contribution is -2.28. The first kappa shape index (κ1) is 18.0. The Labute approximate surface area is 148 Å². The Balaban J connectivity index is 1.71. The third-order valence-electron chi connectivity index (χ3n) is 5.20. The number of carbonyl (C=O) groups excluding carboxylic acids is 1. The smallest absolute Gasteiger partial charge is 0.309 e. The zero-order valence-corrected chi connectivity index (χ0v) is 15.2. The van der Waals surface area contributed by atoms with Gasteiger partial charge < -0.3 is 23.7 Å².